The molecule has 7 nitrogen and oxygen atoms in total. The van der Waals surface area contributed by atoms with E-state index in [-0.39, 0.29) is 23.4 Å². The smallest absolute Gasteiger partial charge is 0.324 e. The molecule has 0 unspecified atom stereocenters. The zero-order valence-corrected chi connectivity index (χ0v) is 19.1. The molecule has 11 heteroatoms. The Morgan fingerprint density at radius 2 is 1.74 bits per heavy atom. The van der Waals surface area contributed by atoms with Crippen LogP contribution < -0.4 is 10.2 Å². The van der Waals surface area contributed by atoms with Gasteiger partial charge in [-0.1, -0.05) is 25.1 Å². The number of hydrogen-bond acceptors (Lipinski definition) is 4. The Hall–Kier alpha value is -3.47. The number of amides is 3. The van der Waals surface area contributed by atoms with Gasteiger partial charge in [0.05, 0.1) is 13.1 Å². The molecule has 1 fully saturated rings. The highest BCUT2D eigenvalue weighted by atomic mass is 19.3. The van der Waals surface area contributed by atoms with Crippen LogP contribution in [0, 0.1) is 11.6 Å². The van der Waals surface area contributed by atoms with Gasteiger partial charge >= 0.3 is 12.5 Å². The summed E-state index contributed by atoms with van der Waals surface area (Å²) in [6.07, 6.45) is -3.27. The number of piperazine rings is 1. The molecule has 0 atom stereocenters. The second-order valence-electron chi connectivity index (χ2n) is 8.02. The molecule has 35 heavy (non-hydrogen) atoms. The van der Waals surface area contributed by atoms with Crippen LogP contribution >= 0.6 is 0 Å². The predicted octanol–water partition coefficient (Wildman–Crippen LogP) is 3.29. The molecule has 0 spiro atoms. The molecule has 0 saturated carbocycles. The predicted molar refractivity (Wildman–Crippen MR) is 121 cm³/mol. The normalized spacial score (nSPS) is 14.2. The Balaban J connectivity index is 1.79. The lowest BCUT2D eigenvalue weighted by Gasteiger charge is -2.37. The van der Waals surface area contributed by atoms with Crippen molar-refractivity contribution in [2.45, 2.75) is 19.9 Å². The molecule has 0 radical (unpaired) electrons. The molecule has 0 aliphatic carbocycles. The van der Waals surface area contributed by atoms with Gasteiger partial charge in [0, 0.05) is 43.0 Å². The molecule has 1 aliphatic heterocycles. The summed E-state index contributed by atoms with van der Waals surface area (Å²) in [4.78, 5) is 41.5. The third-order valence-electron chi connectivity index (χ3n) is 5.77. The number of rotatable bonds is 8. The molecule has 0 bridgehead atoms. The van der Waals surface area contributed by atoms with Crippen molar-refractivity contribution in [2.24, 2.45) is 0 Å². The molecule has 188 valence electrons. The van der Waals surface area contributed by atoms with E-state index < -0.39 is 42.3 Å². The van der Waals surface area contributed by atoms with Crippen molar-refractivity contribution in [3.8, 4) is 0 Å². The molecule has 1 heterocycles. The van der Waals surface area contributed by atoms with Gasteiger partial charge in [0.15, 0.2) is 5.78 Å². The van der Waals surface area contributed by atoms with E-state index in [0.717, 1.165) is 12.6 Å². The van der Waals surface area contributed by atoms with Crippen molar-refractivity contribution in [3.05, 3.63) is 65.2 Å². The fraction of sp³-hybridized carbons (Fsp3) is 0.375. The molecule has 1 N–H and O–H groups in total. The minimum atomic E-state index is -3.27. The van der Waals surface area contributed by atoms with Crippen molar-refractivity contribution in [3.63, 3.8) is 0 Å². The van der Waals surface area contributed by atoms with Crippen molar-refractivity contribution in [1.29, 1.82) is 0 Å². The quantitative estimate of drug-likeness (QED) is 0.452. The highest BCUT2D eigenvalue weighted by Crippen LogP contribution is 2.23. The van der Waals surface area contributed by atoms with Crippen molar-refractivity contribution < 1.29 is 31.9 Å². The summed E-state index contributed by atoms with van der Waals surface area (Å²) in [6.45, 7) is 4.27. The van der Waals surface area contributed by atoms with Crippen LogP contribution in [0.3, 0.4) is 0 Å². The first-order valence-corrected chi connectivity index (χ1v) is 11.1. The Morgan fingerprint density at radius 3 is 2.34 bits per heavy atom. The first-order chi connectivity index (χ1) is 16.7. The number of anilines is 1. The third-order valence-corrected chi connectivity index (χ3v) is 5.77. The van der Waals surface area contributed by atoms with E-state index in [9.17, 15) is 31.9 Å². The lowest BCUT2D eigenvalue weighted by molar-refractivity contribution is -0.131. The second-order valence-corrected chi connectivity index (χ2v) is 8.02. The molecule has 2 aromatic rings. The van der Waals surface area contributed by atoms with E-state index in [1.807, 2.05) is 6.92 Å². The van der Waals surface area contributed by atoms with Gasteiger partial charge in [-0.15, -0.1) is 0 Å². The monoisotopic (exact) mass is 494 g/mol. The molecular formula is C24H26F4N4O3. The average Bonchev–Trinajstić information content (AvgIpc) is 2.85. The number of ketones is 1. The van der Waals surface area contributed by atoms with E-state index in [1.54, 1.807) is 16.3 Å². The minimum absolute atomic E-state index is 0.0722. The van der Waals surface area contributed by atoms with Gasteiger partial charge in [0.2, 0.25) is 0 Å². The first kappa shape index (κ1) is 26.1. The zero-order chi connectivity index (χ0) is 25.5. The highest BCUT2D eigenvalue weighted by Gasteiger charge is 2.27. The molecule has 1 aliphatic rings. The average molecular weight is 494 g/mol. The lowest BCUT2D eigenvalue weighted by Crippen LogP contribution is -2.52. The molecule has 3 rings (SSSR count). The number of Topliss-reactive ketones (excluding diaryl/α,β-unsaturated/α-hetero) is 1. The molecule has 3 amide bonds. The molecule has 1 saturated heterocycles. The maximum Gasteiger partial charge on any atom is 0.324 e. The van der Waals surface area contributed by atoms with Gasteiger partial charge < -0.3 is 15.1 Å². The zero-order valence-electron chi connectivity index (χ0n) is 19.1. The fourth-order valence-electron chi connectivity index (χ4n) is 3.71. The van der Waals surface area contributed by atoms with E-state index >= 15 is 0 Å². The largest absolute Gasteiger partial charge is 0.344 e. The van der Waals surface area contributed by atoms with Crippen LogP contribution in [0.5, 0.6) is 0 Å². The summed E-state index contributed by atoms with van der Waals surface area (Å²) in [5, 5.41) is 1.77. The van der Waals surface area contributed by atoms with Crippen molar-refractivity contribution >= 4 is 23.4 Å². The summed E-state index contributed by atoms with van der Waals surface area (Å²) < 4.78 is 53.4. The van der Waals surface area contributed by atoms with Gasteiger partial charge in [-0.25, -0.2) is 13.6 Å². The van der Waals surface area contributed by atoms with Crippen LogP contribution in [0.15, 0.2) is 42.5 Å². The third kappa shape index (κ3) is 6.78. The van der Waals surface area contributed by atoms with Gasteiger partial charge in [-0.2, -0.15) is 8.78 Å². The van der Waals surface area contributed by atoms with Crippen LogP contribution in [0.2, 0.25) is 0 Å². The molecule has 0 aromatic heterocycles. The number of nitrogens with one attached hydrogen (secondary N) is 1. The van der Waals surface area contributed by atoms with Crippen LogP contribution in [-0.2, 0) is 11.3 Å². The number of benzene rings is 2. The fourth-order valence-corrected chi connectivity index (χ4v) is 3.71. The maximum absolute atomic E-state index is 14.9. The van der Waals surface area contributed by atoms with Crippen molar-refractivity contribution in [1.82, 2.24) is 15.1 Å². The van der Waals surface area contributed by atoms with E-state index in [0.29, 0.717) is 26.2 Å². The van der Waals surface area contributed by atoms with Crippen molar-refractivity contribution in [2.75, 3.05) is 44.2 Å². The van der Waals surface area contributed by atoms with Crippen LogP contribution in [0.25, 0.3) is 0 Å². The van der Waals surface area contributed by atoms with Crippen LogP contribution in [-0.4, -0.2) is 73.2 Å². The van der Waals surface area contributed by atoms with Gasteiger partial charge in [-0.3, -0.25) is 14.5 Å². The number of carbonyl (C=O) groups excluding carboxylic acids is 3. The maximum atomic E-state index is 14.9. The number of carbonyl (C=O) groups is 3. The number of hydrogen-bond donors (Lipinski definition) is 1. The first-order valence-electron chi connectivity index (χ1n) is 11.1. The summed E-state index contributed by atoms with van der Waals surface area (Å²) >= 11 is 0. The topological polar surface area (TPSA) is 73.0 Å². The van der Waals surface area contributed by atoms with E-state index in [1.165, 1.54) is 35.2 Å². The minimum Gasteiger partial charge on any atom is -0.344 e. The number of alkyl halides is 2. The number of halogens is 4. The highest BCUT2D eigenvalue weighted by molar-refractivity contribution is 5.99. The van der Waals surface area contributed by atoms with Gasteiger partial charge in [0.1, 0.15) is 11.6 Å². The Kier molecular flexibility index (Phi) is 8.80. The molecular weight excluding hydrogens is 468 g/mol. The number of urea groups is 1. The van der Waals surface area contributed by atoms with Gasteiger partial charge in [-0.05, 0) is 30.8 Å². The summed E-state index contributed by atoms with van der Waals surface area (Å²) in [5.74, 6) is -3.71. The summed E-state index contributed by atoms with van der Waals surface area (Å²) in [6, 6.07) is 8.51. The SMILES string of the molecule is CCN1CCN(C(=O)N(Cc2ccc(C(=O)CNC(=O)C(F)F)cc2F)c2cccc(F)c2)CC1. The summed E-state index contributed by atoms with van der Waals surface area (Å²) in [7, 11) is 0. The van der Waals surface area contributed by atoms with E-state index in [2.05, 4.69) is 4.90 Å². The number of likely N-dealkylation sites (N-methyl/N-ethyl adjacent to an activating group) is 1. The standard InChI is InChI=1S/C24H26F4N4O3/c1-2-30-8-10-31(11-9-30)24(35)32(19-5-3-4-18(25)13-19)15-17-7-6-16(12-20(17)26)21(33)14-29-23(34)22(27)28/h3-7,12-13,22H,2,8-11,14-15H2,1H3,(H,29,34). The van der Waals surface area contributed by atoms with Crippen LogP contribution in [0.1, 0.15) is 22.8 Å². The van der Waals surface area contributed by atoms with E-state index in [4.69, 9.17) is 0 Å². The van der Waals surface area contributed by atoms with Crippen LogP contribution in [0.4, 0.5) is 28.0 Å². The Labute approximate surface area is 200 Å². The lowest BCUT2D eigenvalue weighted by atomic mass is 10.1. The summed E-state index contributed by atoms with van der Waals surface area (Å²) in [5.41, 5.74) is 0.199. The number of nitrogens with zero attached hydrogens (tertiary/aromatic N) is 3. The molecule has 2 aromatic carbocycles. The second kappa shape index (κ2) is 11.8. The van der Waals surface area contributed by atoms with Gasteiger partial charge in [0.25, 0.3) is 5.91 Å². The Bertz CT molecular complexity index is 1070. The Morgan fingerprint density at radius 1 is 1.03 bits per heavy atom.